The van der Waals surface area contributed by atoms with Crippen molar-refractivity contribution in [3.8, 4) is 0 Å². The highest BCUT2D eigenvalue weighted by Crippen LogP contribution is 2.26. The van der Waals surface area contributed by atoms with Gasteiger partial charge in [0.05, 0.1) is 5.88 Å². The molecule has 0 amide bonds. The standard InChI is InChI=1S/C2H2Cl4.C2H6O/c3-1-2(4,5)6;1-2-3/h1H2;3H,2H2,1H3. The highest BCUT2D eigenvalue weighted by molar-refractivity contribution is 6.69. The molecule has 0 fully saturated rings. The highest BCUT2D eigenvalue weighted by Gasteiger charge is 2.16. The molecule has 0 rings (SSSR count). The van der Waals surface area contributed by atoms with Crippen LogP contribution in [0.15, 0.2) is 0 Å². The third kappa shape index (κ3) is 27.2. The molecule has 58 valence electrons. The number of rotatable bonds is 0. The molecule has 0 aliphatic heterocycles. The quantitative estimate of drug-likeness (QED) is 0.614. The van der Waals surface area contributed by atoms with Crippen LogP contribution in [0.2, 0.25) is 0 Å². The van der Waals surface area contributed by atoms with Gasteiger partial charge >= 0.3 is 0 Å². The SMILES string of the molecule is CCO.ClCC(Cl)(Cl)Cl. The van der Waals surface area contributed by atoms with Crippen LogP contribution in [0.5, 0.6) is 0 Å². The topological polar surface area (TPSA) is 20.2 Å². The maximum Gasteiger partial charge on any atom is 0.203 e. The fourth-order valence-corrected chi connectivity index (χ4v) is 0. The lowest BCUT2D eigenvalue weighted by Crippen LogP contribution is -2.01. The van der Waals surface area contributed by atoms with E-state index in [0.29, 0.717) is 0 Å². The lowest BCUT2D eigenvalue weighted by Gasteiger charge is -2.00. The second-order valence-corrected chi connectivity index (χ2v) is 3.85. The van der Waals surface area contributed by atoms with Gasteiger partial charge < -0.3 is 5.11 Å². The van der Waals surface area contributed by atoms with Crippen molar-refractivity contribution >= 4 is 46.4 Å². The normalized spacial score (nSPS) is 10.0. The van der Waals surface area contributed by atoms with Crippen LogP contribution in [0.1, 0.15) is 6.92 Å². The van der Waals surface area contributed by atoms with Crippen LogP contribution in [0.4, 0.5) is 0 Å². The van der Waals surface area contributed by atoms with Crippen molar-refractivity contribution in [2.75, 3.05) is 12.5 Å². The molecule has 0 aromatic carbocycles. The zero-order chi connectivity index (χ0) is 7.91. The van der Waals surface area contributed by atoms with Crippen LogP contribution >= 0.6 is 46.4 Å². The molecule has 0 saturated heterocycles. The lowest BCUT2D eigenvalue weighted by molar-refractivity contribution is 0.318. The van der Waals surface area contributed by atoms with Gasteiger partial charge in [-0.2, -0.15) is 0 Å². The van der Waals surface area contributed by atoms with Crippen molar-refractivity contribution in [2.45, 2.75) is 10.7 Å². The minimum atomic E-state index is -1.28. The number of halogens is 4. The minimum absolute atomic E-state index is 0.0394. The number of hydrogen-bond acceptors (Lipinski definition) is 1. The molecule has 0 aliphatic rings. The van der Waals surface area contributed by atoms with Gasteiger partial charge in [-0.15, -0.1) is 11.6 Å². The predicted molar refractivity (Wildman–Crippen MR) is 43.8 cm³/mol. The van der Waals surface area contributed by atoms with E-state index in [9.17, 15) is 0 Å². The van der Waals surface area contributed by atoms with Crippen molar-refractivity contribution in [3.05, 3.63) is 0 Å². The fraction of sp³-hybridized carbons (Fsp3) is 1.00. The molecule has 5 heteroatoms. The first-order valence-electron chi connectivity index (χ1n) is 2.21. The first kappa shape index (κ1) is 12.8. The van der Waals surface area contributed by atoms with Gasteiger partial charge in [0.25, 0.3) is 0 Å². The summed E-state index contributed by atoms with van der Waals surface area (Å²) in [6.07, 6.45) is 0. The van der Waals surface area contributed by atoms with Crippen LogP contribution in [0.25, 0.3) is 0 Å². The smallest absolute Gasteiger partial charge is 0.203 e. The molecule has 0 aliphatic carbocycles. The summed E-state index contributed by atoms with van der Waals surface area (Å²) in [6, 6.07) is 0. The summed E-state index contributed by atoms with van der Waals surface area (Å²) in [5, 5.41) is 7.57. The Labute approximate surface area is 74.8 Å². The van der Waals surface area contributed by atoms with Gasteiger partial charge in [-0.05, 0) is 6.92 Å². The molecule has 0 radical (unpaired) electrons. The first-order valence-corrected chi connectivity index (χ1v) is 3.88. The van der Waals surface area contributed by atoms with Crippen LogP contribution < -0.4 is 0 Å². The van der Waals surface area contributed by atoms with Crippen LogP contribution in [0, 0.1) is 0 Å². The van der Waals surface area contributed by atoms with E-state index in [1.54, 1.807) is 6.92 Å². The van der Waals surface area contributed by atoms with E-state index < -0.39 is 3.79 Å². The maximum absolute atomic E-state index is 7.57. The van der Waals surface area contributed by atoms with E-state index in [4.69, 9.17) is 51.5 Å². The molecular formula is C4H8Cl4O. The number of alkyl halides is 4. The second-order valence-electron chi connectivity index (χ2n) is 1.07. The zero-order valence-electron chi connectivity index (χ0n) is 4.87. The van der Waals surface area contributed by atoms with Gasteiger partial charge in [-0.1, -0.05) is 34.8 Å². The van der Waals surface area contributed by atoms with E-state index in [1.807, 2.05) is 0 Å². The summed E-state index contributed by atoms with van der Waals surface area (Å²) in [4.78, 5) is 0. The van der Waals surface area contributed by atoms with Crippen molar-refractivity contribution < 1.29 is 5.11 Å². The summed E-state index contributed by atoms with van der Waals surface area (Å²) in [5.41, 5.74) is 0. The first-order chi connectivity index (χ1) is 3.97. The van der Waals surface area contributed by atoms with Gasteiger partial charge in [-0.3, -0.25) is 0 Å². The Morgan fingerprint density at radius 1 is 1.33 bits per heavy atom. The van der Waals surface area contributed by atoms with Crippen LogP contribution in [-0.4, -0.2) is 21.4 Å². The molecule has 0 aromatic rings. The van der Waals surface area contributed by atoms with Crippen molar-refractivity contribution in [1.29, 1.82) is 0 Å². The molecule has 0 unspecified atom stereocenters. The lowest BCUT2D eigenvalue weighted by atomic mass is 10.9. The average molecular weight is 214 g/mol. The summed E-state index contributed by atoms with van der Waals surface area (Å²) in [7, 11) is 0. The van der Waals surface area contributed by atoms with E-state index in [0.717, 1.165) is 0 Å². The molecule has 9 heavy (non-hydrogen) atoms. The van der Waals surface area contributed by atoms with Gasteiger partial charge in [0.15, 0.2) is 0 Å². The highest BCUT2D eigenvalue weighted by atomic mass is 35.6. The number of hydrogen-bond donors (Lipinski definition) is 1. The van der Waals surface area contributed by atoms with Gasteiger partial charge in [0.2, 0.25) is 3.79 Å². The van der Waals surface area contributed by atoms with Crippen molar-refractivity contribution in [3.63, 3.8) is 0 Å². The third-order valence-corrected chi connectivity index (χ3v) is 1.36. The Morgan fingerprint density at radius 2 is 1.44 bits per heavy atom. The summed E-state index contributed by atoms with van der Waals surface area (Å²) in [5.74, 6) is 0.0394. The fourth-order valence-electron chi connectivity index (χ4n) is 0. The Morgan fingerprint density at radius 3 is 1.44 bits per heavy atom. The molecule has 0 aromatic heterocycles. The molecule has 0 saturated carbocycles. The Bertz CT molecular complexity index is 51.0. The number of aliphatic hydroxyl groups excluding tert-OH is 1. The number of aliphatic hydroxyl groups is 1. The van der Waals surface area contributed by atoms with Gasteiger partial charge in [0, 0.05) is 6.61 Å². The minimum Gasteiger partial charge on any atom is -0.397 e. The van der Waals surface area contributed by atoms with Crippen LogP contribution in [0.3, 0.4) is 0 Å². The largest absolute Gasteiger partial charge is 0.397 e. The molecular weight excluding hydrogens is 206 g/mol. The maximum atomic E-state index is 7.57. The Hall–Kier alpha value is 1.12. The zero-order valence-corrected chi connectivity index (χ0v) is 7.90. The predicted octanol–water partition coefficient (Wildman–Crippen LogP) is 2.59. The molecule has 0 bridgehead atoms. The molecule has 1 nitrogen and oxygen atoms in total. The summed E-state index contributed by atoms with van der Waals surface area (Å²) < 4.78 is -1.28. The van der Waals surface area contributed by atoms with Crippen molar-refractivity contribution in [1.82, 2.24) is 0 Å². The summed E-state index contributed by atoms with van der Waals surface area (Å²) in [6.45, 7) is 1.93. The van der Waals surface area contributed by atoms with Gasteiger partial charge in [0.1, 0.15) is 0 Å². The Kier molecular flexibility index (Phi) is 10.3. The second kappa shape index (κ2) is 7.23. The van der Waals surface area contributed by atoms with E-state index in [1.165, 1.54) is 0 Å². The third-order valence-electron chi connectivity index (χ3n) is 0.152. The molecule has 0 heterocycles. The van der Waals surface area contributed by atoms with E-state index >= 15 is 0 Å². The average Bonchev–Trinajstić information content (AvgIpc) is 1.67. The molecule has 0 atom stereocenters. The van der Waals surface area contributed by atoms with E-state index in [-0.39, 0.29) is 12.5 Å². The monoisotopic (exact) mass is 212 g/mol. The Balaban J connectivity index is 0. The van der Waals surface area contributed by atoms with E-state index in [2.05, 4.69) is 0 Å². The van der Waals surface area contributed by atoms with Gasteiger partial charge in [-0.25, -0.2) is 0 Å². The molecule has 0 spiro atoms. The summed E-state index contributed by atoms with van der Waals surface area (Å²) >= 11 is 20.4. The van der Waals surface area contributed by atoms with Crippen LogP contribution in [-0.2, 0) is 0 Å². The molecule has 1 N–H and O–H groups in total. The van der Waals surface area contributed by atoms with Crippen molar-refractivity contribution in [2.24, 2.45) is 0 Å².